The number of benzene rings is 1. The second-order valence-electron chi connectivity index (χ2n) is 4.12. The van der Waals surface area contributed by atoms with E-state index in [1.807, 2.05) is 36.7 Å². The maximum absolute atomic E-state index is 11.8. The van der Waals surface area contributed by atoms with Crippen LogP contribution in [-0.4, -0.2) is 34.5 Å². The monoisotopic (exact) mass is 217 g/mol. The molecule has 0 spiro atoms. The van der Waals surface area contributed by atoms with E-state index in [0.717, 1.165) is 16.9 Å². The molecule has 0 fully saturated rings. The molecule has 1 aromatic heterocycles. The third kappa shape index (κ3) is 1.56. The lowest BCUT2D eigenvalue weighted by molar-refractivity contribution is 0.0828. The number of carbonyl (C=O) groups excluding carboxylic acids is 1. The minimum atomic E-state index is 0.0146. The summed E-state index contributed by atoms with van der Waals surface area (Å²) in [6, 6.07) is 5.59. The van der Waals surface area contributed by atoms with E-state index in [-0.39, 0.29) is 5.91 Å². The summed E-state index contributed by atoms with van der Waals surface area (Å²) in [4.78, 5) is 17.8. The van der Waals surface area contributed by atoms with Crippen LogP contribution >= 0.6 is 0 Å². The first kappa shape index (κ1) is 10.7. The van der Waals surface area contributed by atoms with Crippen molar-refractivity contribution in [2.45, 2.75) is 6.92 Å². The van der Waals surface area contributed by atoms with Crippen LogP contribution in [0.15, 0.2) is 18.2 Å². The predicted octanol–water partition coefficient (Wildman–Crippen LogP) is 1.58. The number of hydrogen-bond donors (Lipinski definition) is 0. The molecule has 4 heteroatoms. The Bertz CT molecular complexity index is 555. The molecule has 1 amide bonds. The van der Waals surface area contributed by atoms with Crippen molar-refractivity contribution in [2.24, 2.45) is 7.05 Å². The van der Waals surface area contributed by atoms with Gasteiger partial charge in [-0.15, -0.1) is 0 Å². The molecule has 1 heterocycles. The van der Waals surface area contributed by atoms with E-state index in [0.29, 0.717) is 5.56 Å². The third-order valence-corrected chi connectivity index (χ3v) is 2.76. The first-order valence-corrected chi connectivity index (χ1v) is 5.15. The number of imidazole rings is 1. The molecule has 0 saturated carbocycles. The van der Waals surface area contributed by atoms with Crippen LogP contribution < -0.4 is 0 Å². The highest BCUT2D eigenvalue weighted by atomic mass is 16.2. The zero-order chi connectivity index (χ0) is 11.9. The fourth-order valence-electron chi connectivity index (χ4n) is 1.70. The molecule has 16 heavy (non-hydrogen) atoms. The lowest BCUT2D eigenvalue weighted by atomic mass is 10.2. The van der Waals surface area contributed by atoms with Crippen LogP contribution in [0.3, 0.4) is 0 Å². The Morgan fingerprint density at radius 3 is 2.69 bits per heavy atom. The van der Waals surface area contributed by atoms with E-state index in [4.69, 9.17) is 0 Å². The van der Waals surface area contributed by atoms with Crippen molar-refractivity contribution < 1.29 is 4.79 Å². The molecule has 2 aromatic rings. The zero-order valence-electron chi connectivity index (χ0n) is 9.98. The number of fused-ring (bicyclic) bond motifs is 1. The molecule has 0 unspecified atom stereocenters. The Morgan fingerprint density at radius 1 is 1.38 bits per heavy atom. The summed E-state index contributed by atoms with van der Waals surface area (Å²) in [6.45, 7) is 1.95. The molecule has 0 bridgehead atoms. The van der Waals surface area contributed by atoms with Crippen LogP contribution in [0.25, 0.3) is 11.0 Å². The predicted molar refractivity (Wildman–Crippen MR) is 63.5 cm³/mol. The van der Waals surface area contributed by atoms with Crippen LogP contribution in [-0.2, 0) is 7.05 Å². The SMILES string of the molecule is Cc1nc2ccc(C(=O)N(C)C)cc2n1C. The van der Waals surface area contributed by atoms with Gasteiger partial charge in [0.1, 0.15) is 5.82 Å². The third-order valence-electron chi connectivity index (χ3n) is 2.76. The Hall–Kier alpha value is -1.84. The van der Waals surface area contributed by atoms with E-state index >= 15 is 0 Å². The summed E-state index contributed by atoms with van der Waals surface area (Å²) in [7, 11) is 5.45. The highest BCUT2D eigenvalue weighted by Crippen LogP contribution is 2.17. The molecule has 2 rings (SSSR count). The average molecular weight is 217 g/mol. The van der Waals surface area contributed by atoms with Gasteiger partial charge >= 0.3 is 0 Å². The fraction of sp³-hybridized carbons (Fsp3) is 0.333. The van der Waals surface area contributed by atoms with Gasteiger partial charge in [0.05, 0.1) is 11.0 Å². The van der Waals surface area contributed by atoms with Crippen molar-refractivity contribution in [1.29, 1.82) is 0 Å². The Morgan fingerprint density at radius 2 is 2.06 bits per heavy atom. The van der Waals surface area contributed by atoms with Gasteiger partial charge in [-0.3, -0.25) is 4.79 Å². The van der Waals surface area contributed by atoms with Crippen molar-refractivity contribution in [3.05, 3.63) is 29.6 Å². The molecule has 0 N–H and O–H groups in total. The van der Waals surface area contributed by atoms with Crippen LogP contribution in [0.2, 0.25) is 0 Å². The van der Waals surface area contributed by atoms with Crippen LogP contribution in [0, 0.1) is 6.92 Å². The highest BCUT2D eigenvalue weighted by molar-refractivity contribution is 5.97. The molecule has 4 nitrogen and oxygen atoms in total. The van der Waals surface area contributed by atoms with Gasteiger partial charge in [0.2, 0.25) is 0 Å². The number of amides is 1. The van der Waals surface area contributed by atoms with Crippen LogP contribution in [0.1, 0.15) is 16.2 Å². The number of nitrogens with zero attached hydrogens (tertiary/aromatic N) is 3. The molecular formula is C12H15N3O. The van der Waals surface area contributed by atoms with Crippen molar-refractivity contribution in [1.82, 2.24) is 14.5 Å². The van der Waals surface area contributed by atoms with Crippen molar-refractivity contribution in [3.63, 3.8) is 0 Å². The van der Waals surface area contributed by atoms with E-state index < -0.39 is 0 Å². The smallest absolute Gasteiger partial charge is 0.253 e. The lowest BCUT2D eigenvalue weighted by Crippen LogP contribution is -2.21. The van der Waals surface area contributed by atoms with Gasteiger partial charge in [-0.2, -0.15) is 0 Å². The Labute approximate surface area is 94.5 Å². The minimum Gasteiger partial charge on any atom is -0.345 e. The Balaban J connectivity index is 2.59. The normalized spacial score (nSPS) is 10.8. The highest BCUT2D eigenvalue weighted by Gasteiger charge is 2.11. The topological polar surface area (TPSA) is 38.1 Å². The summed E-state index contributed by atoms with van der Waals surface area (Å²) >= 11 is 0. The zero-order valence-corrected chi connectivity index (χ0v) is 9.98. The second-order valence-corrected chi connectivity index (χ2v) is 4.12. The molecule has 0 aliphatic rings. The van der Waals surface area contributed by atoms with Crippen LogP contribution in [0.4, 0.5) is 0 Å². The first-order chi connectivity index (χ1) is 7.50. The standard InChI is InChI=1S/C12H15N3O/c1-8-13-10-6-5-9(12(16)14(2)3)7-11(10)15(8)4/h5-7H,1-4H3. The maximum Gasteiger partial charge on any atom is 0.253 e. The second kappa shape index (κ2) is 3.63. The van der Waals surface area contributed by atoms with Gasteiger partial charge < -0.3 is 9.47 Å². The minimum absolute atomic E-state index is 0.0146. The number of rotatable bonds is 1. The molecule has 0 saturated heterocycles. The lowest BCUT2D eigenvalue weighted by Gasteiger charge is -2.10. The number of carbonyl (C=O) groups is 1. The van der Waals surface area contributed by atoms with Crippen molar-refractivity contribution >= 4 is 16.9 Å². The Kier molecular flexibility index (Phi) is 2.42. The quantitative estimate of drug-likeness (QED) is 0.727. The van der Waals surface area contributed by atoms with Gasteiger partial charge in [0.25, 0.3) is 5.91 Å². The molecular weight excluding hydrogens is 202 g/mol. The summed E-state index contributed by atoms with van der Waals surface area (Å²) < 4.78 is 1.99. The molecule has 0 aliphatic carbocycles. The largest absolute Gasteiger partial charge is 0.345 e. The van der Waals surface area contributed by atoms with Gasteiger partial charge in [-0.05, 0) is 25.1 Å². The maximum atomic E-state index is 11.8. The number of aryl methyl sites for hydroxylation is 2. The molecule has 84 valence electrons. The van der Waals surface area contributed by atoms with Gasteiger partial charge in [0, 0.05) is 26.7 Å². The van der Waals surface area contributed by atoms with Crippen LogP contribution in [0.5, 0.6) is 0 Å². The number of aromatic nitrogens is 2. The van der Waals surface area contributed by atoms with Crippen molar-refractivity contribution in [2.75, 3.05) is 14.1 Å². The molecule has 1 aromatic carbocycles. The summed E-state index contributed by atoms with van der Waals surface area (Å²) in [5, 5.41) is 0. The summed E-state index contributed by atoms with van der Waals surface area (Å²) in [5.74, 6) is 0.963. The summed E-state index contributed by atoms with van der Waals surface area (Å²) in [6.07, 6.45) is 0. The molecule has 0 aliphatic heterocycles. The van der Waals surface area contributed by atoms with Gasteiger partial charge in [-0.25, -0.2) is 4.98 Å². The van der Waals surface area contributed by atoms with E-state index in [9.17, 15) is 4.79 Å². The van der Waals surface area contributed by atoms with E-state index in [1.165, 1.54) is 0 Å². The van der Waals surface area contributed by atoms with E-state index in [1.54, 1.807) is 19.0 Å². The molecule has 0 radical (unpaired) electrons. The fourth-order valence-corrected chi connectivity index (χ4v) is 1.70. The average Bonchev–Trinajstić information content (AvgIpc) is 2.53. The summed E-state index contributed by atoms with van der Waals surface area (Å²) in [5.41, 5.74) is 2.61. The van der Waals surface area contributed by atoms with Gasteiger partial charge in [-0.1, -0.05) is 0 Å². The van der Waals surface area contributed by atoms with Crippen molar-refractivity contribution in [3.8, 4) is 0 Å². The molecule has 0 atom stereocenters. The van der Waals surface area contributed by atoms with Gasteiger partial charge in [0.15, 0.2) is 0 Å². The first-order valence-electron chi connectivity index (χ1n) is 5.15. The van der Waals surface area contributed by atoms with E-state index in [2.05, 4.69) is 4.98 Å². The number of hydrogen-bond acceptors (Lipinski definition) is 2.